The highest BCUT2D eigenvalue weighted by atomic mass is 35.5. The lowest BCUT2D eigenvalue weighted by atomic mass is 10.0. The fourth-order valence-corrected chi connectivity index (χ4v) is 5.08. The number of likely N-dealkylation sites (tertiary alicyclic amines) is 1. The molecule has 2 amide bonds. The second-order valence-corrected chi connectivity index (χ2v) is 10.4. The molecule has 0 spiro atoms. The number of piperidine rings is 1. The lowest BCUT2D eigenvalue weighted by Gasteiger charge is -2.32. The number of halogens is 1. The number of rotatable bonds is 9. The molecular formula is C32H31ClN4O4. The first-order chi connectivity index (χ1) is 20.0. The summed E-state index contributed by atoms with van der Waals surface area (Å²) in [6.45, 7) is 2.74. The second kappa shape index (κ2) is 13.3. The number of phenolic OH excluding ortho intramolecular Hbond substituents is 1. The van der Waals surface area contributed by atoms with Crippen molar-refractivity contribution in [3.05, 3.63) is 107 Å². The van der Waals surface area contributed by atoms with E-state index in [1.807, 2.05) is 36.4 Å². The number of benzene rings is 4. The van der Waals surface area contributed by atoms with Crippen molar-refractivity contribution in [2.24, 2.45) is 5.10 Å². The first-order valence-electron chi connectivity index (χ1n) is 13.5. The third kappa shape index (κ3) is 7.42. The van der Waals surface area contributed by atoms with Crippen molar-refractivity contribution in [2.75, 3.05) is 19.7 Å². The SMILES string of the molecule is O=C(COc1ccc(C=NNC(=O)c2ccc(O)c(Cl)c2)c2ccccc12)NC1CCN(Cc2ccccc2)CC1. The van der Waals surface area contributed by atoms with Gasteiger partial charge in [0.15, 0.2) is 6.61 Å². The van der Waals surface area contributed by atoms with E-state index in [9.17, 15) is 14.7 Å². The molecule has 0 atom stereocenters. The maximum Gasteiger partial charge on any atom is 0.271 e. The fourth-order valence-electron chi connectivity index (χ4n) is 4.90. The summed E-state index contributed by atoms with van der Waals surface area (Å²) in [7, 11) is 0. The van der Waals surface area contributed by atoms with Gasteiger partial charge in [-0.2, -0.15) is 5.10 Å². The van der Waals surface area contributed by atoms with Gasteiger partial charge < -0.3 is 15.2 Å². The molecule has 0 saturated carbocycles. The van der Waals surface area contributed by atoms with Crippen molar-refractivity contribution in [1.29, 1.82) is 0 Å². The van der Waals surface area contributed by atoms with Crippen molar-refractivity contribution in [1.82, 2.24) is 15.6 Å². The van der Waals surface area contributed by atoms with Gasteiger partial charge in [0.1, 0.15) is 11.5 Å². The molecule has 9 heteroatoms. The number of carbonyl (C=O) groups is 2. The van der Waals surface area contributed by atoms with E-state index in [1.54, 1.807) is 12.3 Å². The van der Waals surface area contributed by atoms with E-state index in [2.05, 4.69) is 45.0 Å². The Balaban J connectivity index is 1.14. The number of hydrogen-bond donors (Lipinski definition) is 3. The Morgan fingerprint density at radius 2 is 1.71 bits per heavy atom. The zero-order valence-corrected chi connectivity index (χ0v) is 23.2. The van der Waals surface area contributed by atoms with Crippen molar-refractivity contribution in [3.63, 3.8) is 0 Å². The van der Waals surface area contributed by atoms with Crippen LogP contribution in [-0.4, -0.2) is 53.8 Å². The van der Waals surface area contributed by atoms with Crippen LogP contribution in [0.3, 0.4) is 0 Å². The van der Waals surface area contributed by atoms with Crippen molar-refractivity contribution < 1.29 is 19.4 Å². The number of aromatic hydroxyl groups is 1. The zero-order chi connectivity index (χ0) is 28.6. The Bertz CT molecular complexity index is 1550. The van der Waals surface area contributed by atoms with Crippen LogP contribution in [0.5, 0.6) is 11.5 Å². The van der Waals surface area contributed by atoms with Crippen LogP contribution in [0.4, 0.5) is 0 Å². The second-order valence-electron chi connectivity index (χ2n) is 9.96. The number of phenols is 1. The minimum Gasteiger partial charge on any atom is -0.506 e. The maximum atomic E-state index is 12.7. The molecule has 1 aliphatic heterocycles. The Labute approximate surface area is 243 Å². The average Bonchev–Trinajstić information content (AvgIpc) is 2.99. The van der Waals surface area contributed by atoms with E-state index in [0.29, 0.717) is 5.75 Å². The Kier molecular flexibility index (Phi) is 9.13. The van der Waals surface area contributed by atoms with Crippen LogP contribution >= 0.6 is 11.6 Å². The molecule has 41 heavy (non-hydrogen) atoms. The Morgan fingerprint density at radius 3 is 2.46 bits per heavy atom. The molecule has 1 saturated heterocycles. The average molecular weight is 571 g/mol. The van der Waals surface area contributed by atoms with Crippen LogP contribution in [0.15, 0.2) is 90.0 Å². The quantitative estimate of drug-likeness (QED) is 0.191. The molecule has 0 bridgehead atoms. The minimum atomic E-state index is -0.458. The summed E-state index contributed by atoms with van der Waals surface area (Å²) in [4.78, 5) is 27.5. The molecule has 1 heterocycles. The van der Waals surface area contributed by atoms with Gasteiger partial charge in [0, 0.05) is 42.2 Å². The van der Waals surface area contributed by atoms with Gasteiger partial charge in [0.2, 0.25) is 0 Å². The number of carbonyl (C=O) groups excluding carboxylic acids is 2. The van der Waals surface area contributed by atoms with E-state index in [-0.39, 0.29) is 34.9 Å². The summed E-state index contributed by atoms with van der Waals surface area (Å²) in [5.74, 6) is -0.107. The molecule has 1 fully saturated rings. The molecule has 3 N–H and O–H groups in total. The highest BCUT2D eigenvalue weighted by molar-refractivity contribution is 6.32. The summed E-state index contributed by atoms with van der Waals surface area (Å²) in [6.07, 6.45) is 3.36. The molecule has 0 aliphatic carbocycles. The number of nitrogens with one attached hydrogen (secondary N) is 2. The predicted octanol–water partition coefficient (Wildman–Crippen LogP) is 5.12. The summed E-state index contributed by atoms with van der Waals surface area (Å²) < 4.78 is 5.93. The Morgan fingerprint density at radius 1 is 0.976 bits per heavy atom. The van der Waals surface area contributed by atoms with Crippen LogP contribution in [0.2, 0.25) is 5.02 Å². The summed E-state index contributed by atoms with van der Waals surface area (Å²) in [6, 6.07) is 26.0. The predicted molar refractivity (Wildman–Crippen MR) is 161 cm³/mol. The first kappa shape index (κ1) is 28.1. The minimum absolute atomic E-state index is 0.0765. The molecule has 8 nitrogen and oxygen atoms in total. The normalized spacial score (nSPS) is 14.3. The molecule has 5 rings (SSSR count). The van der Waals surface area contributed by atoms with Crippen molar-refractivity contribution in [3.8, 4) is 11.5 Å². The third-order valence-electron chi connectivity index (χ3n) is 7.06. The third-order valence-corrected chi connectivity index (χ3v) is 7.36. The van der Waals surface area contributed by atoms with E-state index in [4.69, 9.17) is 16.3 Å². The summed E-state index contributed by atoms with van der Waals surface area (Å²) in [5.41, 5.74) is 4.81. The first-order valence-corrected chi connectivity index (χ1v) is 13.9. The van der Waals surface area contributed by atoms with Gasteiger partial charge in [-0.3, -0.25) is 14.5 Å². The smallest absolute Gasteiger partial charge is 0.271 e. The van der Waals surface area contributed by atoms with Gasteiger partial charge in [0.05, 0.1) is 11.2 Å². The molecule has 4 aromatic carbocycles. The zero-order valence-electron chi connectivity index (χ0n) is 22.4. The summed E-state index contributed by atoms with van der Waals surface area (Å²) >= 11 is 5.89. The van der Waals surface area contributed by atoms with Gasteiger partial charge in [-0.05, 0) is 54.1 Å². The van der Waals surface area contributed by atoms with Gasteiger partial charge in [-0.25, -0.2) is 5.43 Å². The van der Waals surface area contributed by atoms with Crippen molar-refractivity contribution >= 4 is 40.4 Å². The van der Waals surface area contributed by atoms with Crippen LogP contribution in [0.1, 0.15) is 34.3 Å². The number of fused-ring (bicyclic) bond motifs is 1. The molecule has 0 aromatic heterocycles. The van der Waals surface area contributed by atoms with Crippen molar-refractivity contribution in [2.45, 2.75) is 25.4 Å². The fraction of sp³-hybridized carbons (Fsp3) is 0.219. The number of nitrogens with zero attached hydrogens (tertiary/aromatic N) is 2. The summed E-state index contributed by atoms with van der Waals surface area (Å²) in [5, 5.41) is 18.5. The monoisotopic (exact) mass is 570 g/mol. The van der Waals surface area contributed by atoms with E-state index in [1.165, 1.54) is 23.8 Å². The Hall–Kier alpha value is -4.40. The van der Waals surface area contributed by atoms with E-state index < -0.39 is 5.91 Å². The molecule has 210 valence electrons. The standard InChI is InChI=1S/C32H31ClN4O4/c33-28-18-23(10-12-29(28)38)32(40)36-34-19-24-11-13-30(27-9-5-4-8-26(24)27)41-21-31(39)35-25-14-16-37(17-15-25)20-22-6-2-1-3-7-22/h1-13,18-19,25,38H,14-17,20-21H2,(H,35,39)(H,36,40). The molecular weight excluding hydrogens is 540 g/mol. The number of hydrazone groups is 1. The van der Waals surface area contributed by atoms with Crippen LogP contribution < -0.4 is 15.5 Å². The molecule has 4 aromatic rings. The van der Waals surface area contributed by atoms with Crippen LogP contribution in [0, 0.1) is 0 Å². The van der Waals surface area contributed by atoms with Crippen LogP contribution in [0.25, 0.3) is 10.8 Å². The number of amides is 2. The highest BCUT2D eigenvalue weighted by Crippen LogP contribution is 2.28. The highest BCUT2D eigenvalue weighted by Gasteiger charge is 2.21. The largest absolute Gasteiger partial charge is 0.506 e. The molecule has 0 radical (unpaired) electrons. The number of hydrogen-bond acceptors (Lipinski definition) is 6. The molecule has 1 aliphatic rings. The molecule has 0 unspecified atom stereocenters. The van der Waals surface area contributed by atoms with E-state index >= 15 is 0 Å². The maximum absolute atomic E-state index is 12.7. The van der Waals surface area contributed by atoms with Crippen LogP contribution in [-0.2, 0) is 11.3 Å². The number of ether oxygens (including phenoxy) is 1. The van der Waals surface area contributed by atoms with Gasteiger partial charge in [0.25, 0.3) is 11.8 Å². The van der Waals surface area contributed by atoms with Gasteiger partial charge in [-0.1, -0.05) is 66.2 Å². The lowest BCUT2D eigenvalue weighted by Crippen LogP contribution is -2.45. The van der Waals surface area contributed by atoms with Gasteiger partial charge in [-0.15, -0.1) is 0 Å². The van der Waals surface area contributed by atoms with Gasteiger partial charge >= 0.3 is 0 Å². The lowest BCUT2D eigenvalue weighted by molar-refractivity contribution is -0.124. The van der Waals surface area contributed by atoms with E-state index in [0.717, 1.165) is 48.8 Å². The topological polar surface area (TPSA) is 103 Å².